The number of nitrogens with one attached hydrogen (secondary N) is 1. The van der Waals surface area contributed by atoms with Crippen LogP contribution in [0.1, 0.15) is 18.9 Å². The number of aryl methyl sites for hydroxylation is 1. The molecule has 7 heteroatoms. The molecule has 1 N–H and O–H groups in total. The molecule has 0 unspecified atom stereocenters. The minimum atomic E-state index is -0.411. The van der Waals surface area contributed by atoms with E-state index in [1.165, 1.54) is 4.68 Å². The van der Waals surface area contributed by atoms with Gasteiger partial charge < -0.3 is 5.32 Å². The van der Waals surface area contributed by atoms with Gasteiger partial charge in [0, 0.05) is 18.6 Å². The van der Waals surface area contributed by atoms with Gasteiger partial charge >= 0.3 is 0 Å². The van der Waals surface area contributed by atoms with Gasteiger partial charge in [-0.1, -0.05) is 11.6 Å². The molecule has 2 heterocycles. The number of aromatic nitrogens is 3. The van der Waals surface area contributed by atoms with Gasteiger partial charge in [-0.15, -0.1) is 11.3 Å². The zero-order chi connectivity index (χ0) is 13.3. The molecule has 0 amide bonds. The van der Waals surface area contributed by atoms with Crippen LogP contribution in [0, 0.1) is 0 Å². The zero-order valence-electron chi connectivity index (χ0n) is 10.3. The first-order chi connectivity index (χ1) is 8.42. The number of anilines is 1. The second-order valence-electron chi connectivity index (χ2n) is 4.39. The number of hydrogen-bond acceptors (Lipinski definition) is 5. The van der Waals surface area contributed by atoms with E-state index < -0.39 is 5.54 Å². The Balaban J connectivity index is 2.36. The van der Waals surface area contributed by atoms with Crippen molar-refractivity contribution < 1.29 is 0 Å². The summed E-state index contributed by atoms with van der Waals surface area (Å²) in [6.45, 7) is 3.94. The minimum absolute atomic E-state index is 0.136. The molecule has 0 saturated heterocycles. The van der Waals surface area contributed by atoms with Gasteiger partial charge in [0.2, 0.25) is 0 Å². The number of rotatable bonds is 3. The number of thiazole rings is 1. The predicted molar refractivity (Wildman–Crippen MR) is 73.3 cm³/mol. The van der Waals surface area contributed by atoms with Crippen molar-refractivity contribution in [1.82, 2.24) is 14.8 Å². The fourth-order valence-corrected chi connectivity index (χ4v) is 2.46. The third-order valence-electron chi connectivity index (χ3n) is 2.49. The molecule has 96 valence electrons. The number of hydrogen-bond donors (Lipinski definition) is 1. The van der Waals surface area contributed by atoms with Crippen LogP contribution >= 0.6 is 22.9 Å². The van der Waals surface area contributed by atoms with Gasteiger partial charge in [0.05, 0.1) is 17.4 Å². The van der Waals surface area contributed by atoms with Gasteiger partial charge in [-0.25, -0.2) is 9.67 Å². The Morgan fingerprint density at radius 1 is 1.50 bits per heavy atom. The molecule has 5 nitrogen and oxygen atoms in total. The summed E-state index contributed by atoms with van der Waals surface area (Å²) in [4.78, 5) is 15.9. The number of nitrogens with zero attached hydrogens (tertiary/aromatic N) is 3. The highest BCUT2D eigenvalue weighted by Crippen LogP contribution is 2.28. The summed E-state index contributed by atoms with van der Waals surface area (Å²) in [5.74, 6) is 0. The quantitative estimate of drug-likeness (QED) is 0.939. The molecular formula is C11H13ClN4OS. The Morgan fingerprint density at radius 3 is 2.83 bits per heavy atom. The Bertz CT molecular complexity index is 606. The minimum Gasteiger partial charge on any atom is -0.371 e. The molecular weight excluding hydrogens is 272 g/mol. The Kier molecular flexibility index (Phi) is 3.41. The third-order valence-corrected chi connectivity index (χ3v) is 3.95. The molecule has 0 fully saturated rings. The lowest BCUT2D eigenvalue weighted by Crippen LogP contribution is -2.30. The normalized spacial score (nSPS) is 11.6. The fraction of sp³-hybridized carbons (Fsp3) is 0.364. The third kappa shape index (κ3) is 2.39. The van der Waals surface area contributed by atoms with E-state index in [1.807, 2.05) is 19.2 Å². The average molecular weight is 285 g/mol. The molecule has 0 spiro atoms. The lowest BCUT2D eigenvalue weighted by molar-refractivity contribution is 0.601. The first kappa shape index (κ1) is 13.0. The highest BCUT2D eigenvalue weighted by atomic mass is 35.5. The summed E-state index contributed by atoms with van der Waals surface area (Å²) >= 11 is 7.55. The fourth-order valence-electron chi connectivity index (χ4n) is 1.52. The van der Waals surface area contributed by atoms with E-state index >= 15 is 0 Å². The van der Waals surface area contributed by atoms with Crippen molar-refractivity contribution in [2.45, 2.75) is 19.4 Å². The molecule has 0 aromatic carbocycles. The van der Waals surface area contributed by atoms with Gasteiger partial charge in [-0.05, 0) is 13.8 Å². The van der Waals surface area contributed by atoms with Crippen LogP contribution in [0.4, 0.5) is 5.69 Å². The SMILES string of the molecule is Cn1ncc(NC(C)(C)c2nccs2)c(Cl)c1=O. The van der Waals surface area contributed by atoms with Crippen LogP contribution in [0.15, 0.2) is 22.6 Å². The van der Waals surface area contributed by atoms with Crippen molar-refractivity contribution in [3.8, 4) is 0 Å². The molecule has 0 aliphatic rings. The van der Waals surface area contributed by atoms with E-state index in [0.717, 1.165) is 5.01 Å². The predicted octanol–water partition coefficient (Wildman–Crippen LogP) is 2.24. The monoisotopic (exact) mass is 284 g/mol. The van der Waals surface area contributed by atoms with Gasteiger partial charge in [0.25, 0.3) is 5.56 Å². The second kappa shape index (κ2) is 4.70. The van der Waals surface area contributed by atoms with Crippen molar-refractivity contribution in [2.24, 2.45) is 7.05 Å². The van der Waals surface area contributed by atoms with Crippen LogP contribution in [0.3, 0.4) is 0 Å². The molecule has 0 aliphatic carbocycles. The van der Waals surface area contributed by atoms with Crippen LogP contribution in [-0.4, -0.2) is 14.8 Å². The second-order valence-corrected chi connectivity index (χ2v) is 5.66. The summed E-state index contributed by atoms with van der Waals surface area (Å²) in [5.41, 5.74) is -0.220. The molecule has 0 bridgehead atoms. The molecule has 0 aliphatic heterocycles. The lowest BCUT2D eigenvalue weighted by Gasteiger charge is -2.25. The van der Waals surface area contributed by atoms with Gasteiger partial charge in [0.1, 0.15) is 10.0 Å². The summed E-state index contributed by atoms with van der Waals surface area (Å²) < 4.78 is 1.20. The van der Waals surface area contributed by atoms with Crippen molar-refractivity contribution in [3.63, 3.8) is 0 Å². The van der Waals surface area contributed by atoms with E-state index in [1.54, 1.807) is 30.8 Å². The summed E-state index contributed by atoms with van der Waals surface area (Å²) in [6, 6.07) is 0. The van der Waals surface area contributed by atoms with E-state index in [0.29, 0.717) is 5.69 Å². The van der Waals surface area contributed by atoms with E-state index in [-0.39, 0.29) is 10.6 Å². The molecule has 18 heavy (non-hydrogen) atoms. The topological polar surface area (TPSA) is 59.8 Å². The Hall–Kier alpha value is -1.40. The molecule has 2 aromatic rings. The molecule has 0 radical (unpaired) electrons. The summed E-state index contributed by atoms with van der Waals surface area (Å²) in [7, 11) is 1.56. The van der Waals surface area contributed by atoms with Crippen molar-refractivity contribution in [1.29, 1.82) is 0 Å². The number of halogens is 1. The van der Waals surface area contributed by atoms with Crippen LogP contribution in [0.2, 0.25) is 5.02 Å². The van der Waals surface area contributed by atoms with Crippen LogP contribution in [0.25, 0.3) is 0 Å². The zero-order valence-corrected chi connectivity index (χ0v) is 11.8. The lowest BCUT2D eigenvalue weighted by atomic mass is 10.1. The van der Waals surface area contributed by atoms with Crippen LogP contribution in [0.5, 0.6) is 0 Å². The molecule has 0 saturated carbocycles. The summed E-state index contributed by atoms with van der Waals surface area (Å²) in [5, 5.41) is 10.1. The van der Waals surface area contributed by atoms with Crippen LogP contribution < -0.4 is 10.9 Å². The van der Waals surface area contributed by atoms with Gasteiger partial charge in [0.15, 0.2) is 0 Å². The smallest absolute Gasteiger partial charge is 0.287 e. The van der Waals surface area contributed by atoms with Crippen molar-refractivity contribution in [3.05, 3.63) is 38.2 Å². The van der Waals surface area contributed by atoms with Crippen LogP contribution in [-0.2, 0) is 12.6 Å². The molecule has 2 aromatic heterocycles. The maximum absolute atomic E-state index is 11.7. The van der Waals surface area contributed by atoms with Crippen molar-refractivity contribution >= 4 is 28.6 Å². The van der Waals surface area contributed by atoms with E-state index in [2.05, 4.69) is 15.4 Å². The molecule has 0 atom stereocenters. The van der Waals surface area contributed by atoms with E-state index in [4.69, 9.17) is 11.6 Å². The highest BCUT2D eigenvalue weighted by molar-refractivity contribution is 7.09. The highest BCUT2D eigenvalue weighted by Gasteiger charge is 2.24. The largest absolute Gasteiger partial charge is 0.371 e. The Labute approximate surface area is 113 Å². The van der Waals surface area contributed by atoms with E-state index in [9.17, 15) is 4.79 Å². The van der Waals surface area contributed by atoms with Gasteiger partial charge in [-0.3, -0.25) is 4.79 Å². The van der Waals surface area contributed by atoms with Gasteiger partial charge in [-0.2, -0.15) is 5.10 Å². The molecule has 2 rings (SSSR count). The standard InChI is InChI=1S/C11H13ClN4OS/c1-11(2,10-13-4-5-18-10)15-7-6-14-16(3)9(17)8(7)12/h4-6,15H,1-3H3. The maximum atomic E-state index is 11.7. The first-order valence-electron chi connectivity index (χ1n) is 5.32. The summed E-state index contributed by atoms with van der Waals surface area (Å²) in [6.07, 6.45) is 3.28. The Morgan fingerprint density at radius 2 is 2.22 bits per heavy atom. The average Bonchev–Trinajstić information content (AvgIpc) is 2.84. The maximum Gasteiger partial charge on any atom is 0.287 e. The first-order valence-corrected chi connectivity index (χ1v) is 6.57. The van der Waals surface area contributed by atoms with Crippen molar-refractivity contribution in [2.75, 3.05) is 5.32 Å².